The van der Waals surface area contributed by atoms with E-state index in [1.165, 1.54) is 29.6 Å². The molecule has 1 aromatic carbocycles. The van der Waals surface area contributed by atoms with Crippen LogP contribution in [0.3, 0.4) is 0 Å². The number of hydrogen-bond donors (Lipinski definition) is 1. The first kappa shape index (κ1) is 17.6. The monoisotopic (exact) mass is 392 g/mol. The highest BCUT2D eigenvalue weighted by Crippen LogP contribution is 2.32. The third-order valence-corrected chi connectivity index (χ3v) is 5.20. The number of nitrogens with zero attached hydrogens (tertiary/aromatic N) is 1. The number of Topliss-reactive ketones (excluding diaryl/α,β-unsaturated/α-hetero) is 1. The molecule has 0 radical (unpaired) electrons. The number of benzene rings is 1. The number of thiophene rings is 1. The van der Waals surface area contributed by atoms with Crippen LogP contribution >= 0.6 is 34.3 Å². The van der Waals surface area contributed by atoms with Gasteiger partial charge in [-0.3, -0.25) is 14.9 Å². The van der Waals surface area contributed by atoms with Gasteiger partial charge in [-0.1, -0.05) is 23.7 Å². The van der Waals surface area contributed by atoms with E-state index in [4.69, 9.17) is 16.3 Å². The third-order valence-electron chi connectivity index (χ3n) is 3.19. The zero-order chi connectivity index (χ0) is 17.8. The number of aromatic nitrogens is 1. The number of nitrogens with one attached hydrogen (secondary N) is 1. The van der Waals surface area contributed by atoms with Crippen LogP contribution in [-0.4, -0.2) is 23.3 Å². The molecule has 128 valence electrons. The van der Waals surface area contributed by atoms with Gasteiger partial charge in [-0.2, -0.15) is 0 Å². The summed E-state index contributed by atoms with van der Waals surface area (Å²) in [5, 5.41) is 5.04. The van der Waals surface area contributed by atoms with Crippen molar-refractivity contribution in [3.63, 3.8) is 0 Å². The van der Waals surface area contributed by atoms with Gasteiger partial charge in [-0.15, -0.1) is 22.7 Å². The number of ether oxygens (including phenoxy) is 1. The number of rotatable bonds is 6. The minimum atomic E-state index is -0.321. The number of carbonyl (C=O) groups excluding carboxylic acids is 2. The van der Waals surface area contributed by atoms with Gasteiger partial charge >= 0.3 is 0 Å². The molecule has 0 spiro atoms. The highest BCUT2D eigenvalue weighted by atomic mass is 35.5. The van der Waals surface area contributed by atoms with Crippen molar-refractivity contribution in [3.05, 3.63) is 51.7 Å². The van der Waals surface area contributed by atoms with Crippen molar-refractivity contribution in [2.45, 2.75) is 6.92 Å². The van der Waals surface area contributed by atoms with Crippen LogP contribution in [0.2, 0.25) is 4.34 Å². The van der Waals surface area contributed by atoms with Crippen LogP contribution < -0.4 is 10.1 Å². The first-order valence-electron chi connectivity index (χ1n) is 7.26. The Kier molecular flexibility index (Phi) is 5.47. The molecule has 0 fully saturated rings. The fraction of sp³-hybridized carbons (Fsp3) is 0.118. The highest BCUT2D eigenvalue weighted by Gasteiger charge is 2.10. The molecule has 2 aromatic heterocycles. The largest absolute Gasteiger partial charge is 0.484 e. The summed E-state index contributed by atoms with van der Waals surface area (Å²) >= 11 is 8.68. The number of halogens is 1. The molecule has 0 atom stereocenters. The van der Waals surface area contributed by atoms with E-state index in [2.05, 4.69) is 10.3 Å². The lowest BCUT2D eigenvalue weighted by atomic mass is 10.1. The molecule has 0 aliphatic heterocycles. The van der Waals surface area contributed by atoms with Gasteiger partial charge < -0.3 is 4.74 Å². The maximum absolute atomic E-state index is 12.0. The Morgan fingerprint density at radius 3 is 2.84 bits per heavy atom. The normalized spacial score (nSPS) is 10.5. The first-order valence-corrected chi connectivity index (χ1v) is 9.33. The van der Waals surface area contributed by atoms with E-state index in [-0.39, 0.29) is 18.3 Å². The van der Waals surface area contributed by atoms with Gasteiger partial charge in [-0.05, 0) is 31.2 Å². The summed E-state index contributed by atoms with van der Waals surface area (Å²) in [5.41, 5.74) is 1.31. The van der Waals surface area contributed by atoms with Crippen LogP contribution in [0.5, 0.6) is 5.75 Å². The topological polar surface area (TPSA) is 68.3 Å². The van der Waals surface area contributed by atoms with Gasteiger partial charge in [0.2, 0.25) is 0 Å². The highest BCUT2D eigenvalue weighted by molar-refractivity contribution is 7.20. The minimum Gasteiger partial charge on any atom is -0.484 e. The average molecular weight is 393 g/mol. The molecular formula is C17H13ClN2O3S2. The van der Waals surface area contributed by atoms with E-state index in [0.717, 1.165) is 10.6 Å². The van der Waals surface area contributed by atoms with Crippen LogP contribution in [0.25, 0.3) is 10.6 Å². The second-order valence-corrected chi connectivity index (χ2v) is 7.64. The second-order valence-electron chi connectivity index (χ2n) is 5.06. The lowest BCUT2D eigenvalue weighted by molar-refractivity contribution is -0.118. The summed E-state index contributed by atoms with van der Waals surface area (Å²) < 4.78 is 6.11. The second kappa shape index (κ2) is 7.77. The fourth-order valence-electron chi connectivity index (χ4n) is 2.01. The van der Waals surface area contributed by atoms with Crippen LogP contribution in [0, 0.1) is 0 Å². The number of ketones is 1. The molecule has 0 unspecified atom stereocenters. The molecule has 8 heteroatoms. The lowest BCUT2D eigenvalue weighted by Gasteiger charge is -2.06. The molecule has 0 saturated heterocycles. The summed E-state index contributed by atoms with van der Waals surface area (Å²) in [6.45, 7) is 1.31. The molecule has 1 amide bonds. The van der Waals surface area contributed by atoms with Gasteiger partial charge in [-0.25, -0.2) is 4.98 Å². The van der Waals surface area contributed by atoms with E-state index in [1.807, 2.05) is 17.5 Å². The molecule has 0 bridgehead atoms. The van der Waals surface area contributed by atoms with Crippen LogP contribution in [0.4, 0.5) is 5.13 Å². The van der Waals surface area contributed by atoms with E-state index < -0.39 is 0 Å². The van der Waals surface area contributed by atoms with Crippen LogP contribution in [-0.2, 0) is 4.79 Å². The summed E-state index contributed by atoms with van der Waals surface area (Å²) in [4.78, 5) is 28.7. The summed E-state index contributed by atoms with van der Waals surface area (Å²) in [6, 6.07) is 10.4. The van der Waals surface area contributed by atoms with E-state index in [9.17, 15) is 9.59 Å². The van der Waals surface area contributed by atoms with Crippen molar-refractivity contribution in [2.24, 2.45) is 0 Å². The van der Waals surface area contributed by atoms with E-state index in [0.29, 0.717) is 20.8 Å². The smallest absolute Gasteiger partial charge is 0.264 e. The van der Waals surface area contributed by atoms with Crippen molar-refractivity contribution in [1.82, 2.24) is 4.98 Å². The average Bonchev–Trinajstić information content (AvgIpc) is 3.22. The first-order chi connectivity index (χ1) is 12.0. The SMILES string of the molecule is CC(=O)c1cccc(OCC(=O)Nc2nc(-c3ccc(Cl)s3)cs2)c1. The lowest BCUT2D eigenvalue weighted by Crippen LogP contribution is -2.20. The standard InChI is InChI=1S/C17H13ClN2O3S2/c1-10(21)11-3-2-4-12(7-11)23-8-16(22)20-17-19-13(9-24-17)14-5-6-15(18)25-14/h2-7,9H,8H2,1H3,(H,19,20,22). The number of carbonyl (C=O) groups is 2. The Bertz CT molecular complexity index is 920. The molecule has 0 aliphatic rings. The van der Waals surface area contributed by atoms with Gasteiger partial charge in [0.05, 0.1) is 14.9 Å². The Balaban J connectivity index is 1.57. The Morgan fingerprint density at radius 2 is 2.12 bits per heavy atom. The number of anilines is 1. The van der Waals surface area contributed by atoms with Gasteiger partial charge in [0.1, 0.15) is 5.75 Å². The Hall–Kier alpha value is -2.22. The van der Waals surface area contributed by atoms with Crippen molar-refractivity contribution < 1.29 is 14.3 Å². The third kappa shape index (κ3) is 4.66. The molecular weight excluding hydrogens is 380 g/mol. The minimum absolute atomic E-state index is 0.0566. The Morgan fingerprint density at radius 1 is 1.28 bits per heavy atom. The maximum Gasteiger partial charge on any atom is 0.264 e. The van der Waals surface area contributed by atoms with Crippen molar-refractivity contribution in [2.75, 3.05) is 11.9 Å². The summed E-state index contributed by atoms with van der Waals surface area (Å²) in [6.07, 6.45) is 0. The molecule has 3 rings (SSSR count). The number of hydrogen-bond acceptors (Lipinski definition) is 6. The van der Waals surface area contributed by atoms with Crippen molar-refractivity contribution in [3.8, 4) is 16.3 Å². The molecule has 0 aliphatic carbocycles. The van der Waals surface area contributed by atoms with Gasteiger partial charge in [0.25, 0.3) is 5.91 Å². The molecule has 0 saturated carbocycles. The van der Waals surface area contributed by atoms with Gasteiger partial charge in [0, 0.05) is 10.9 Å². The number of amides is 1. The van der Waals surface area contributed by atoms with Crippen molar-refractivity contribution in [1.29, 1.82) is 0 Å². The fourth-order valence-corrected chi connectivity index (χ4v) is 3.81. The molecule has 25 heavy (non-hydrogen) atoms. The van der Waals surface area contributed by atoms with Crippen molar-refractivity contribution >= 4 is 51.1 Å². The van der Waals surface area contributed by atoms with E-state index >= 15 is 0 Å². The van der Waals surface area contributed by atoms with Crippen LogP contribution in [0.15, 0.2) is 41.8 Å². The molecule has 5 nitrogen and oxygen atoms in total. The summed E-state index contributed by atoms with van der Waals surface area (Å²) in [7, 11) is 0. The quantitative estimate of drug-likeness (QED) is 0.615. The predicted molar refractivity (Wildman–Crippen MR) is 101 cm³/mol. The molecule has 2 heterocycles. The van der Waals surface area contributed by atoms with Gasteiger partial charge in [0.15, 0.2) is 17.5 Å². The van der Waals surface area contributed by atoms with Crippen LogP contribution in [0.1, 0.15) is 17.3 Å². The summed E-state index contributed by atoms with van der Waals surface area (Å²) in [5.74, 6) is 0.0909. The maximum atomic E-state index is 12.0. The Labute approximate surface area is 157 Å². The molecule has 3 aromatic rings. The predicted octanol–water partition coefficient (Wildman–Crippen LogP) is 4.75. The number of thiazole rings is 1. The molecule has 1 N–H and O–H groups in total. The zero-order valence-electron chi connectivity index (χ0n) is 13.1. The van der Waals surface area contributed by atoms with E-state index in [1.54, 1.807) is 24.3 Å². The zero-order valence-corrected chi connectivity index (χ0v) is 15.5.